The number of carbonyl (C=O) groups is 1. The van der Waals surface area contributed by atoms with Crippen molar-refractivity contribution in [3.8, 4) is 28.1 Å². The maximum Gasteiger partial charge on any atom is 0.226 e. The van der Waals surface area contributed by atoms with Crippen LogP contribution in [0.15, 0.2) is 96.7 Å². The van der Waals surface area contributed by atoms with Gasteiger partial charge in [-0.05, 0) is 42.0 Å². The molecule has 3 atom stereocenters. The van der Waals surface area contributed by atoms with Crippen molar-refractivity contribution in [3.05, 3.63) is 119 Å². The van der Waals surface area contributed by atoms with Gasteiger partial charge in [0, 0.05) is 22.5 Å². The summed E-state index contributed by atoms with van der Waals surface area (Å²) in [6.45, 7) is 11.9. The van der Waals surface area contributed by atoms with Gasteiger partial charge in [-0.25, -0.2) is 9.53 Å². The van der Waals surface area contributed by atoms with Crippen molar-refractivity contribution in [2.24, 2.45) is 11.8 Å². The van der Waals surface area contributed by atoms with Crippen LogP contribution in [0.3, 0.4) is 0 Å². The van der Waals surface area contributed by atoms with Gasteiger partial charge in [0.15, 0.2) is 5.78 Å². The number of Topliss-reactive ketones (excluding diaryl/α,β-unsaturated/α-hetero) is 1. The van der Waals surface area contributed by atoms with Gasteiger partial charge in [-0.15, -0.1) is 0 Å². The van der Waals surface area contributed by atoms with Crippen molar-refractivity contribution in [2.45, 2.75) is 32.1 Å². The van der Waals surface area contributed by atoms with Crippen molar-refractivity contribution >= 4 is 5.78 Å². The Morgan fingerprint density at radius 1 is 0.944 bits per heavy atom. The topological polar surface area (TPSA) is 39.2 Å². The van der Waals surface area contributed by atoms with E-state index in [-0.39, 0.29) is 23.3 Å². The van der Waals surface area contributed by atoms with Gasteiger partial charge in [-0.1, -0.05) is 92.7 Å². The van der Waals surface area contributed by atoms with Crippen LogP contribution in [0.5, 0.6) is 0 Å². The lowest BCUT2D eigenvalue weighted by molar-refractivity contribution is -0.121. The minimum absolute atomic E-state index is 0.0312. The molecule has 0 saturated carbocycles. The Balaban J connectivity index is 1.62. The van der Waals surface area contributed by atoms with Crippen LogP contribution >= 0.6 is 0 Å². The highest BCUT2D eigenvalue weighted by Gasteiger charge is 2.50. The molecule has 2 aliphatic carbocycles. The van der Waals surface area contributed by atoms with Crippen molar-refractivity contribution in [1.29, 1.82) is 0 Å². The summed E-state index contributed by atoms with van der Waals surface area (Å²) in [5.74, 6) is -0.104. The lowest BCUT2D eigenvalue weighted by Crippen LogP contribution is -2.46. The zero-order chi connectivity index (χ0) is 24.9. The second kappa shape index (κ2) is 8.46. The first-order valence-electron chi connectivity index (χ1n) is 12.5. The molecule has 6 rings (SSSR count). The Kier molecular flexibility index (Phi) is 5.23. The van der Waals surface area contributed by atoms with E-state index >= 15 is 0 Å². The summed E-state index contributed by atoms with van der Waals surface area (Å²) >= 11 is 0. The minimum atomic E-state index is -0.469. The number of fused-ring (bicyclic) bond motifs is 3. The second-order valence-electron chi connectivity index (χ2n) is 10.1. The molecule has 4 nitrogen and oxygen atoms in total. The molecule has 1 aromatic heterocycles. The number of benzene rings is 3. The van der Waals surface area contributed by atoms with Crippen molar-refractivity contribution in [3.63, 3.8) is 0 Å². The highest BCUT2D eigenvalue weighted by molar-refractivity contribution is 6.00. The third-order valence-electron chi connectivity index (χ3n) is 8.04. The summed E-state index contributed by atoms with van der Waals surface area (Å²) in [7, 11) is 0. The highest BCUT2D eigenvalue weighted by Crippen LogP contribution is 2.52. The predicted octanol–water partition coefficient (Wildman–Crippen LogP) is 7.05. The van der Waals surface area contributed by atoms with Crippen LogP contribution in [0.1, 0.15) is 31.5 Å². The molecule has 0 fully saturated rings. The number of hydrogen-bond donors (Lipinski definition) is 0. The Bertz CT molecular complexity index is 1540. The number of aromatic nitrogens is 2. The average Bonchev–Trinajstić information content (AvgIpc) is 3.33. The molecule has 0 spiro atoms. The largest absolute Gasteiger partial charge is 0.308 e. The van der Waals surface area contributed by atoms with E-state index in [0.29, 0.717) is 0 Å². The lowest BCUT2D eigenvalue weighted by Gasteiger charge is -2.45. The Labute approximate surface area is 211 Å². The fourth-order valence-corrected chi connectivity index (χ4v) is 6.28. The van der Waals surface area contributed by atoms with Gasteiger partial charge in [0.1, 0.15) is 0 Å². The minimum Gasteiger partial charge on any atom is -0.308 e. The third kappa shape index (κ3) is 3.35. The first-order chi connectivity index (χ1) is 17.5. The van der Waals surface area contributed by atoms with Gasteiger partial charge in [0.25, 0.3) is 0 Å². The molecule has 36 heavy (non-hydrogen) atoms. The fraction of sp³-hybridized carbons (Fsp3) is 0.219. The van der Waals surface area contributed by atoms with E-state index in [1.165, 1.54) is 5.56 Å². The summed E-state index contributed by atoms with van der Waals surface area (Å²) in [5.41, 5.74) is 7.43. The first kappa shape index (κ1) is 22.2. The number of allylic oxidation sites excluding steroid dienone is 2. The van der Waals surface area contributed by atoms with E-state index in [1.54, 1.807) is 0 Å². The molecule has 1 heterocycles. The Hall–Kier alpha value is -4.23. The van der Waals surface area contributed by atoms with Crippen LogP contribution in [0.25, 0.3) is 32.9 Å². The molecule has 0 unspecified atom stereocenters. The standard InChI is InChI=1S/C32H27N3O/c1-21-27-18-17-26-29(23-13-8-5-9-14-23)34-35(31(26)32(27,2)20-28(33-3)30(21)36)25-16-10-15-24(19-25)22-11-6-4-7-12-22/h4-16,19-21,27H,17-18H2,1-2H3/t21-,27-,32-/m1/s1. The zero-order valence-corrected chi connectivity index (χ0v) is 20.5. The molecule has 4 aromatic rings. The maximum absolute atomic E-state index is 12.9. The van der Waals surface area contributed by atoms with Crippen LogP contribution in [-0.4, -0.2) is 15.6 Å². The molecular formula is C32H27N3O. The van der Waals surface area contributed by atoms with E-state index in [4.69, 9.17) is 11.7 Å². The number of carbonyl (C=O) groups excluding carboxylic acids is 1. The molecule has 3 aromatic carbocycles. The van der Waals surface area contributed by atoms with E-state index in [2.05, 4.69) is 65.0 Å². The summed E-state index contributed by atoms with van der Waals surface area (Å²) in [4.78, 5) is 16.6. The average molecular weight is 470 g/mol. The van der Waals surface area contributed by atoms with Crippen molar-refractivity contribution < 1.29 is 4.79 Å². The molecule has 0 N–H and O–H groups in total. The molecule has 0 radical (unpaired) electrons. The molecule has 0 amide bonds. The van der Waals surface area contributed by atoms with E-state index in [0.717, 1.165) is 46.6 Å². The molecule has 0 saturated heterocycles. The number of hydrogen-bond acceptors (Lipinski definition) is 2. The lowest BCUT2D eigenvalue weighted by atomic mass is 9.58. The predicted molar refractivity (Wildman–Crippen MR) is 142 cm³/mol. The van der Waals surface area contributed by atoms with E-state index in [9.17, 15) is 4.79 Å². The molecular weight excluding hydrogens is 442 g/mol. The van der Waals surface area contributed by atoms with Gasteiger partial charge in [0.05, 0.1) is 23.6 Å². The maximum atomic E-state index is 12.9. The molecule has 0 bridgehead atoms. The van der Waals surface area contributed by atoms with Crippen LogP contribution in [0.4, 0.5) is 0 Å². The molecule has 2 aliphatic rings. The molecule has 0 aliphatic heterocycles. The number of nitrogens with zero attached hydrogens (tertiary/aromatic N) is 3. The SMILES string of the molecule is [C-]#[N+]C1=C[C@@]2(C)c3c(c(-c4ccccc4)nn3-c3cccc(-c4ccccc4)c3)CC[C@@H]2[C@@H](C)C1=O. The van der Waals surface area contributed by atoms with Crippen LogP contribution in [0.2, 0.25) is 0 Å². The normalized spacial score (nSPS) is 22.8. The van der Waals surface area contributed by atoms with Crippen LogP contribution in [0, 0.1) is 18.4 Å². The van der Waals surface area contributed by atoms with E-state index < -0.39 is 5.41 Å². The summed E-state index contributed by atoms with van der Waals surface area (Å²) in [6.07, 6.45) is 3.68. The van der Waals surface area contributed by atoms with Gasteiger partial charge < -0.3 is 4.79 Å². The second-order valence-corrected chi connectivity index (χ2v) is 10.1. The van der Waals surface area contributed by atoms with Crippen LogP contribution < -0.4 is 0 Å². The summed E-state index contributed by atoms with van der Waals surface area (Å²) in [5, 5.41) is 5.22. The Morgan fingerprint density at radius 3 is 2.31 bits per heavy atom. The van der Waals surface area contributed by atoms with Gasteiger partial charge in [-0.2, -0.15) is 5.10 Å². The van der Waals surface area contributed by atoms with Gasteiger partial charge in [0.2, 0.25) is 5.70 Å². The van der Waals surface area contributed by atoms with Crippen molar-refractivity contribution in [1.82, 2.24) is 9.78 Å². The third-order valence-corrected chi connectivity index (χ3v) is 8.04. The highest BCUT2D eigenvalue weighted by atomic mass is 16.1. The number of rotatable bonds is 3. The molecule has 176 valence electrons. The van der Waals surface area contributed by atoms with E-state index in [1.807, 2.05) is 49.4 Å². The number of ketones is 1. The Morgan fingerprint density at radius 2 is 1.61 bits per heavy atom. The smallest absolute Gasteiger partial charge is 0.226 e. The monoisotopic (exact) mass is 469 g/mol. The van der Waals surface area contributed by atoms with Crippen LogP contribution in [-0.2, 0) is 16.6 Å². The van der Waals surface area contributed by atoms with Crippen molar-refractivity contribution in [2.75, 3.05) is 0 Å². The first-order valence-corrected chi connectivity index (χ1v) is 12.5. The fourth-order valence-electron chi connectivity index (χ4n) is 6.28. The summed E-state index contributed by atoms with van der Waals surface area (Å²) in [6, 6.07) is 29.1. The molecule has 4 heteroatoms. The quantitative estimate of drug-likeness (QED) is 0.302. The summed E-state index contributed by atoms with van der Waals surface area (Å²) < 4.78 is 2.08. The van der Waals surface area contributed by atoms with Gasteiger partial charge in [-0.3, -0.25) is 0 Å². The van der Waals surface area contributed by atoms with Gasteiger partial charge >= 0.3 is 0 Å². The zero-order valence-electron chi connectivity index (χ0n) is 20.5.